The molecule has 12 aliphatic rings. The molecule has 12 fully saturated rings. The van der Waals surface area contributed by atoms with Crippen LogP contribution in [0, 0.1) is 53.3 Å². The number of aromatic nitrogens is 6. The van der Waals surface area contributed by atoms with E-state index < -0.39 is 17.9 Å². The zero-order chi connectivity index (χ0) is 90.8. The van der Waals surface area contributed by atoms with Gasteiger partial charge in [0, 0.05) is 105 Å². The van der Waals surface area contributed by atoms with E-state index in [1.54, 1.807) is 0 Å². The molecule has 21 atom stereocenters. The monoisotopic (exact) mass is 1790 g/mol. The van der Waals surface area contributed by atoms with Crippen molar-refractivity contribution in [2.45, 2.75) is 358 Å². The summed E-state index contributed by atoms with van der Waals surface area (Å²) in [4.78, 5) is 121. The number of hydrogen-bond acceptors (Lipinski definition) is 20. The topological polar surface area (TPSA) is 298 Å². The van der Waals surface area contributed by atoms with Gasteiger partial charge in [-0.1, -0.05) is 119 Å². The number of piperidine rings is 6. The molecule has 3 aromatic carbocycles. The number of oxime groups is 3. The van der Waals surface area contributed by atoms with Crippen molar-refractivity contribution in [2.24, 2.45) is 68.7 Å². The van der Waals surface area contributed by atoms with Gasteiger partial charge >= 0.3 is 17.9 Å². The lowest BCUT2D eigenvalue weighted by Gasteiger charge is -2.56. The lowest BCUT2D eigenvalue weighted by molar-refractivity contribution is -0.137. The smallest absolute Gasteiger partial charge is 0.303 e. The van der Waals surface area contributed by atoms with Crippen LogP contribution in [-0.4, -0.2) is 218 Å². The van der Waals surface area contributed by atoms with Crippen LogP contribution in [-0.2, 0) is 28.9 Å². The molecule has 3 aromatic heterocycles. The Labute approximate surface area is 769 Å². The first kappa shape index (κ1) is 94.9. The van der Waals surface area contributed by atoms with Gasteiger partial charge in [-0.15, -0.1) is 0 Å². The van der Waals surface area contributed by atoms with Crippen molar-refractivity contribution in [2.75, 3.05) is 60.6 Å². The number of carboxylic acid groups (broad SMARTS) is 3. The number of carbonyl (C=O) groups is 3. The second-order valence-corrected chi connectivity index (χ2v) is 42.0. The fraction of sp³-hybridized carbons (Fsp3) is 0.712. The summed E-state index contributed by atoms with van der Waals surface area (Å²) in [5, 5.41) is 41.0. The van der Waals surface area contributed by atoms with E-state index in [-0.39, 0.29) is 90.4 Å². The van der Waals surface area contributed by atoms with Crippen molar-refractivity contribution in [3.8, 4) is 0 Å². The largest absolute Gasteiger partial charge is 0.481 e. The van der Waals surface area contributed by atoms with Gasteiger partial charge in [0.2, 0.25) is 0 Å². The molecular formula is C104H150N14O12. The zero-order valence-electron chi connectivity index (χ0n) is 79.1. The Morgan fingerprint density at radius 1 is 0.385 bits per heavy atom. The van der Waals surface area contributed by atoms with Crippen LogP contribution in [0.15, 0.2) is 103 Å². The van der Waals surface area contributed by atoms with Crippen LogP contribution in [0.2, 0.25) is 0 Å². The predicted octanol–water partition coefficient (Wildman–Crippen LogP) is 18.0. The average Bonchev–Trinajstić information content (AvgIpc) is 0.751. The third-order valence-corrected chi connectivity index (χ3v) is 33.0. The number of likely N-dealkylation sites (N-methyl/N-ethyl adjacent to an activating group) is 1. The molecule has 9 heterocycles. The number of hydrogen-bond donors (Lipinski definition) is 3. The summed E-state index contributed by atoms with van der Waals surface area (Å²) >= 11 is 0. The van der Waals surface area contributed by atoms with Gasteiger partial charge in [-0.3, -0.25) is 43.5 Å². The molecule has 6 aliphatic carbocycles. The summed E-state index contributed by atoms with van der Waals surface area (Å²) < 4.78 is 5.95. The van der Waals surface area contributed by atoms with Gasteiger partial charge in [-0.2, -0.15) is 0 Å². The van der Waals surface area contributed by atoms with Gasteiger partial charge in [-0.25, -0.2) is 15.0 Å². The van der Waals surface area contributed by atoms with Gasteiger partial charge in [0.1, 0.15) is 37.5 Å². The predicted molar refractivity (Wildman–Crippen MR) is 511 cm³/mol. The van der Waals surface area contributed by atoms with E-state index in [0.717, 1.165) is 151 Å². The first-order valence-electron chi connectivity index (χ1n) is 51.0. The molecule has 0 spiro atoms. The lowest BCUT2D eigenvalue weighted by Crippen LogP contribution is -2.59. The van der Waals surface area contributed by atoms with Gasteiger partial charge in [0.15, 0.2) is 17.1 Å². The van der Waals surface area contributed by atoms with Crippen LogP contribution < -0.4 is 16.7 Å². The summed E-state index contributed by atoms with van der Waals surface area (Å²) in [6.45, 7) is 15.5. The number of nitrogens with zero attached hydrogens (tertiary/aromatic N) is 14. The SMILES string of the molecule is CCC1C[C@@H]2CC(N3[C@@H]4CCC[C@H]3CC(n3c(=O)c(/C(CCC(=O)O)=N/OC)nc5ccccc53)C4)C[C@H](C1)C2.CCC1C[C@@H]2CC(N3[C@@H]4CCC[C@H]3CC(n3c(=O)c(/C(CCC(=O)O)=N/OCCCN(C)C)nc5ccccc53)C4)C[C@H](C1)C2.CCN(CC)CCO/N=C(\CCC(=O)O)c1nc2ccccc2n(C2C[C@H]3CCC[C@@H](C2)N3C2C[C@H]3CC(C)C[C@@H](C2)C3)c1=O. The summed E-state index contributed by atoms with van der Waals surface area (Å²) in [6, 6.07) is 28.9. The highest BCUT2D eigenvalue weighted by Crippen LogP contribution is 2.54. The Balaban J connectivity index is 0.000000143. The summed E-state index contributed by atoms with van der Waals surface area (Å²) in [5.74, 6) is 5.21. The highest BCUT2D eigenvalue weighted by Gasteiger charge is 2.51. The van der Waals surface area contributed by atoms with Crippen molar-refractivity contribution < 1.29 is 44.2 Å². The Morgan fingerprint density at radius 3 is 0.992 bits per heavy atom. The second-order valence-electron chi connectivity index (χ2n) is 42.0. The molecule has 6 saturated heterocycles. The van der Waals surface area contributed by atoms with Crippen LogP contribution in [0.3, 0.4) is 0 Å². The fourth-order valence-electron chi connectivity index (χ4n) is 28.0. The molecule has 6 saturated carbocycles. The quantitative estimate of drug-likeness (QED) is 0.0201. The number of rotatable bonds is 32. The highest BCUT2D eigenvalue weighted by molar-refractivity contribution is 6.02. The van der Waals surface area contributed by atoms with E-state index in [0.29, 0.717) is 91.3 Å². The number of para-hydroxylation sites is 6. The van der Waals surface area contributed by atoms with E-state index in [4.69, 9.17) is 24.5 Å². The molecule has 0 amide bonds. The normalized spacial score (nSPS) is 31.2. The van der Waals surface area contributed by atoms with Gasteiger partial charge in [0.25, 0.3) is 16.7 Å². The maximum atomic E-state index is 14.5. The van der Waals surface area contributed by atoms with Crippen molar-refractivity contribution in [3.63, 3.8) is 0 Å². The Hall–Kier alpha value is -8.30. The second kappa shape index (κ2) is 43.8. The van der Waals surface area contributed by atoms with Crippen molar-refractivity contribution >= 4 is 68.1 Å². The van der Waals surface area contributed by atoms with Crippen LogP contribution in [0.1, 0.15) is 320 Å². The van der Waals surface area contributed by atoms with Crippen molar-refractivity contribution in [3.05, 3.63) is 121 Å². The van der Waals surface area contributed by atoms with Crippen molar-refractivity contribution in [1.82, 2.24) is 53.2 Å². The maximum absolute atomic E-state index is 14.5. The first-order chi connectivity index (χ1) is 63.1. The Kier molecular flexibility index (Phi) is 32.0. The summed E-state index contributed by atoms with van der Waals surface area (Å²) in [7, 11) is 5.42. The molecule has 9 unspecified atom stereocenters. The maximum Gasteiger partial charge on any atom is 0.303 e. The minimum Gasteiger partial charge on any atom is -0.481 e. The zero-order valence-corrected chi connectivity index (χ0v) is 79.1. The minimum atomic E-state index is -0.942. The molecule has 6 aliphatic heterocycles. The van der Waals surface area contributed by atoms with E-state index in [1.165, 1.54) is 174 Å². The first-order valence-corrected chi connectivity index (χ1v) is 51.0. The lowest BCUT2D eigenvalue weighted by atomic mass is 9.64. The number of carboxylic acids is 3. The molecule has 130 heavy (non-hydrogen) atoms. The summed E-state index contributed by atoms with van der Waals surface area (Å²) in [6.07, 6.45) is 41.0. The number of aliphatic carboxylic acids is 3. The van der Waals surface area contributed by atoms with E-state index in [2.05, 4.69) is 79.6 Å². The molecule has 26 heteroatoms. The standard InChI is InChI=1S/2C36H53N5O4.C32H44N4O4/c1-4-24-17-25-19-26(18-24)21-29(20-25)40-27-9-7-10-28(40)23-30(22-27)41-33-12-6-5-11-31(33)37-35(36(41)44)32(13-14-34(42)43)38-45-16-8-15-39(2)3;1-4-39(5-2)15-16-45-38-32(13-14-34(42)43)35-36(44)41(33-12-7-6-11-31(33)37-35)30-22-27-9-8-10-28(23-30)40(27)29-20-25-17-24(3)18-26(19-25)21-29;1-3-20-13-21-15-22(14-20)17-25(16-21)35-23-7-6-8-24(35)19-26(18-23)36-29-10-5-4-9-27(29)33-31(32(36)39)28(34-40-2)11-12-30(37)38/h5-6,11-12,24-30H,4,7-10,13-23H2,1-3H3,(H,42,43);6-7,11-12,24-30H,4-5,8-10,13-23H2,1-3H3,(H,42,43);4-5,9-10,20-26H,3,6-8,11-19H2,1-2H3,(H,37,38)/b2*38-32+;34-28+/t2*24?,25-,26+,27-,28+,29?,30?;20?,21-,22+,23-,24+,25?,26?. The van der Waals surface area contributed by atoms with Crippen LogP contribution in [0.5, 0.6) is 0 Å². The Bertz CT molecular complexity index is 5070. The molecule has 26 nitrogen and oxygen atoms in total. The van der Waals surface area contributed by atoms with Gasteiger partial charge < -0.3 is 53.3 Å². The van der Waals surface area contributed by atoms with Crippen molar-refractivity contribution in [1.29, 1.82) is 0 Å². The van der Waals surface area contributed by atoms with Crippen LogP contribution >= 0.6 is 0 Å². The third-order valence-electron chi connectivity index (χ3n) is 33.0. The van der Waals surface area contributed by atoms with E-state index >= 15 is 0 Å². The van der Waals surface area contributed by atoms with Crippen LogP contribution in [0.4, 0.5) is 0 Å². The average molecular weight is 1790 g/mol. The molecule has 6 aromatic rings. The fourth-order valence-corrected chi connectivity index (χ4v) is 28.0. The minimum absolute atomic E-state index is 0.0723. The summed E-state index contributed by atoms with van der Waals surface area (Å²) in [5.41, 5.74) is 5.81. The highest BCUT2D eigenvalue weighted by atomic mass is 16.6. The molecular weight excluding hydrogens is 1640 g/mol. The molecule has 708 valence electrons. The van der Waals surface area contributed by atoms with Crippen LogP contribution in [0.25, 0.3) is 33.1 Å². The number of fused-ring (bicyclic) bond motifs is 15. The molecule has 18 rings (SSSR count). The number of benzene rings is 3. The van der Waals surface area contributed by atoms with Gasteiger partial charge in [-0.05, 0) is 297 Å². The van der Waals surface area contributed by atoms with Gasteiger partial charge in [0.05, 0.1) is 52.4 Å². The van der Waals surface area contributed by atoms with E-state index in [1.807, 2.05) is 101 Å². The van der Waals surface area contributed by atoms with E-state index in [9.17, 15) is 44.1 Å². The molecule has 12 bridgehead atoms. The molecule has 0 radical (unpaired) electrons. The third kappa shape index (κ3) is 22.2. The molecule has 3 N–H and O–H groups in total. The Morgan fingerprint density at radius 2 is 0.692 bits per heavy atom.